The molecule has 0 saturated carbocycles. The van der Waals surface area contributed by atoms with Crippen molar-refractivity contribution in [3.05, 3.63) is 28.0 Å². The number of hydrogen-bond donors (Lipinski definition) is 0. The van der Waals surface area contributed by atoms with Gasteiger partial charge >= 0.3 is 0 Å². The minimum atomic E-state index is -0.542. The molecular weight excluding hydrogens is 298 g/mol. The first-order valence-corrected chi connectivity index (χ1v) is 6.69. The Hall–Kier alpha value is -0.490. The third-order valence-electron chi connectivity index (χ3n) is 2.99. The molecule has 0 aliphatic carbocycles. The van der Waals surface area contributed by atoms with Gasteiger partial charge in [-0.05, 0) is 48.3 Å². The molecule has 0 radical (unpaired) electrons. The van der Waals surface area contributed by atoms with Crippen LogP contribution >= 0.6 is 15.9 Å². The zero-order chi connectivity index (χ0) is 13.3. The highest BCUT2D eigenvalue weighted by Gasteiger charge is 2.38. The van der Waals surface area contributed by atoms with E-state index in [0.717, 1.165) is 15.7 Å². The number of methoxy groups -OCH3 is 1. The van der Waals surface area contributed by atoms with Crippen molar-refractivity contribution >= 4 is 15.9 Å². The summed E-state index contributed by atoms with van der Waals surface area (Å²) in [5.74, 6) is -0.542. The molecule has 1 fully saturated rings. The average molecular weight is 316 g/mol. The molecule has 0 amide bonds. The highest BCUT2D eigenvalue weighted by Crippen LogP contribution is 2.33. The lowest BCUT2D eigenvalue weighted by Crippen LogP contribution is -2.26. The van der Waals surface area contributed by atoms with Crippen LogP contribution in [0.2, 0.25) is 0 Å². The summed E-state index contributed by atoms with van der Waals surface area (Å²) in [6.07, 6.45) is 1.54. The van der Waals surface area contributed by atoms with Gasteiger partial charge in [-0.3, -0.25) is 0 Å². The fraction of sp³-hybridized carbons (Fsp3) is 0.615. The molecule has 0 N–H and O–H groups in total. The van der Waals surface area contributed by atoms with E-state index in [1.165, 1.54) is 0 Å². The molecule has 0 aromatic carbocycles. The van der Waals surface area contributed by atoms with E-state index in [0.29, 0.717) is 6.61 Å². The summed E-state index contributed by atoms with van der Waals surface area (Å²) >= 11 is 3.39. The topological polar surface area (TPSA) is 40.6 Å². The maximum atomic E-state index is 5.84. The van der Waals surface area contributed by atoms with Gasteiger partial charge in [-0.2, -0.15) is 0 Å². The van der Waals surface area contributed by atoms with Gasteiger partial charge in [0.15, 0.2) is 5.79 Å². The molecule has 2 heterocycles. The van der Waals surface area contributed by atoms with Crippen LogP contribution in [0.15, 0.2) is 16.9 Å². The number of aromatic nitrogens is 1. The molecule has 1 aromatic rings. The molecular formula is C13H18BrNO3. The molecule has 1 aliphatic rings. The van der Waals surface area contributed by atoms with Crippen molar-refractivity contribution in [2.24, 2.45) is 0 Å². The Kier molecular flexibility index (Phi) is 4.06. The van der Waals surface area contributed by atoms with Crippen molar-refractivity contribution in [1.82, 2.24) is 4.98 Å². The van der Waals surface area contributed by atoms with Crippen LogP contribution in [0.25, 0.3) is 0 Å². The van der Waals surface area contributed by atoms with Gasteiger partial charge in [0.1, 0.15) is 16.8 Å². The highest BCUT2D eigenvalue weighted by molar-refractivity contribution is 9.10. The normalized spacial score (nSPS) is 24.2. The number of pyridine rings is 1. The van der Waals surface area contributed by atoms with Gasteiger partial charge in [0, 0.05) is 18.9 Å². The zero-order valence-electron chi connectivity index (χ0n) is 11.1. The molecule has 2 atom stereocenters. The van der Waals surface area contributed by atoms with Gasteiger partial charge in [-0.15, -0.1) is 0 Å². The average Bonchev–Trinajstić information content (AvgIpc) is 2.65. The Labute approximate surface area is 116 Å². The second-order valence-corrected chi connectivity index (χ2v) is 5.65. The third-order valence-corrected chi connectivity index (χ3v) is 3.82. The molecule has 0 spiro atoms. The van der Waals surface area contributed by atoms with Crippen molar-refractivity contribution in [3.63, 3.8) is 0 Å². The van der Waals surface area contributed by atoms with Gasteiger partial charge in [0.05, 0.1) is 6.61 Å². The van der Waals surface area contributed by atoms with Crippen molar-refractivity contribution in [2.75, 3.05) is 13.7 Å². The monoisotopic (exact) mass is 315 g/mol. The second kappa shape index (κ2) is 5.25. The summed E-state index contributed by atoms with van der Waals surface area (Å²) in [7, 11) is 1.68. The number of hydrogen-bond acceptors (Lipinski definition) is 4. The highest BCUT2D eigenvalue weighted by atomic mass is 79.9. The molecule has 1 saturated heterocycles. The number of ether oxygens (including phenoxy) is 3. The molecule has 0 bridgehead atoms. The molecule has 5 heteroatoms. The van der Waals surface area contributed by atoms with Crippen LogP contribution in [0.4, 0.5) is 0 Å². The zero-order valence-corrected chi connectivity index (χ0v) is 12.7. The largest absolute Gasteiger partial charge is 0.374 e. The summed E-state index contributed by atoms with van der Waals surface area (Å²) in [5, 5.41) is 0. The Morgan fingerprint density at radius 2 is 2.28 bits per heavy atom. The van der Waals surface area contributed by atoms with Crippen molar-refractivity contribution < 1.29 is 14.2 Å². The van der Waals surface area contributed by atoms with E-state index in [-0.39, 0.29) is 12.2 Å². The van der Waals surface area contributed by atoms with E-state index < -0.39 is 5.79 Å². The number of nitrogens with zero attached hydrogens (tertiary/aromatic N) is 1. The number of rotatable bonds is 3. The van der Waals surface area contributed by atoms with Crippen LogP contribution in [0, 0.1) is 6.92 Å². The summed E-state index contributed by atoms with van der Waals surface area (Å²) in [6.45, 7) is 6.35. The van der Waals surface area contributed by atoms with Gasteiger partial charge in [0.2, 0.25) is 0 Å². The van der Waals surface area contributed by atoms with Gasteiger partial charge in [-0.1, -0.05) is 0 Å². The summed E-state index contributed by atoms with van der Waals surface area (Å²) in [5.41, 5.74) is 2.08. The number of aryl methyl sites for hydroxylation is 1. The molecule has 0 unspecified atom stereocenters. The Bertz CT molecular complexity index is 436. The first-order chi connectivity index (χ1) is 8.43. The fourth-order valence-electron chi connectivity index (χ4n) is 2.10. The maximum Gasteiger partial charge on any atom is 0.163 e. The van der Waals surface area contributed by atoms with Crippen LogP contribution in [-0.4, -0.2) is 30.6 Å². The molecule has 2 rings (SSSR count). The Morgan fingerprint density at radius 3 is 2.78 bits per heavy atom. The molecule has 1 aliphatic heterocycles. The first kappa shape index (κ1) is 13.9. The quantitative estimate of drug-likeness (QED) is 0.804. The van der Waals surface area contributed by atoms with Gasteiger partial charge < -0.3 is 14.2 Å². The van der Waals surface area contributed by atoms with Crippen molar-refractivity contribution in [2.45, 2.75) is 38.8 Å². The third kappa shape index (κ3) is 2.91. The van der Waals surface area contributed by atoms with Crippen molar-refractivity contribution in [3.8, 4) is 0 Å². The minimum absolute atomic E-state index is 0.104. The van der Waals surface area contributed by atoms with E-state index in [2.05, 4.69) is 27.0 Å². The van der Waals surface area contributed by atoms with Gasteiger partial charge in [0.25, 0.3) is 0 Å². The smallest absolute Gasteiger partial charge is 0.163 e. The number of halogens is 1. The minimum Gasteiger partial charge on any atom is -0.374 e. The lowest BCUT2D eigenvalue weighted by atomic mass is 10.1. The van der Waals surface area contributed by atoms with Crippen LogP contribution in [-0.2, 0) is 14.2 Å². The standard InChI is InChI=1S/C13H18BrNO3/c1-8-5-9(6-15-12(8)14)11(16-4)10-7-17-13(2,3)18-10/h5-6,10-11H,7H2,1-4H3/t10-,11-/m0/s1. The lowest BCUT2D eigenvalue weighted by Gasteiger charge is -2.23. The fourth-order valence-corrected chi connectivity index (χ4v) is 2.32. The lowest BCUT2D eigenvalue weighted by molar-refractivity contribution is -0.154. The molecule has 1 aromatic heterocycles. The predicted molar refractivity (Wildman–Crippen MR) is 71.3 cm³/mol. The predicted octanol–water partition coefficient (Wildman–Crippen LogP) is 2.99. The van der Waals surface area contributed by atoms with Crippen LogP contribution in [0.3, 0.4) is 0 Å². The molecule has 4 nitrogen and oxygen atoms in total. The van der Waals surface area contributed by atoms with E-state index in [9.17, 15) is 0 Å². The van der Waals surface area contributed by atoms with E-state index in [1.54, 1.807) is 13.3 Å². The Morgan fingerprint density at radius 1 is 1.56 bits per heavy atom. The van der Waals surface area contributed by atoms with Gasteiger partial charge in [-0.25, -0.2) is 4.98 Å². The maximum absolute atomic E-state index is 5.84. The first-order valence-electron chi connectivity index (χ1n) is 5.89. The summed E-state index contributed by atoms with van der Waals surface area (Å²) in [4.78, 5) is 4.30. The molecule has 100 valence electrons. The van der Waals surface area contributed by atoms with E-state index >= 15 is 0 Å². The second-order valence-electron chi connectivity index (χ2n) is 4.90. The SMILES string of the molecule is CO[C@@H](c1cnc(Br)c(C)c1)[C@@H]1COC(C)(C)O1. The van der Waals surface area contributed by atoms with Crippen LogP contribution < -0.4 is 0 Å². The Balaban J connectivity index is 2.21. The van der Waals surface area contributed by atoms with Crippen LogP contribution in [0.1, 0.15) is 31.1 Å². The summed E-state index contributed by atoms with van der Waals surface area (Å²) in [6, 6.07) is 2.06. The van der Waals surface area contributed by atoms with E-state index in [1.807, 2.05) is 20.8 Å². The van der Waals surface area contributed by atoms with E-state index in [4.69, 9.17) is 14.2 Å². The van der Waals surface area contributed by atoms with Crippen molar-refractivity contribution in [1.29, 1.82) is 0 Å². The summed E-state index contributed by atoms with van der Waals surface area (Å²) < 4.78 is 17.8. The van der Waals surface area contributed by atoms with Crippen LogP contribution in [0.5, 0.6) is 0 Å². The molecule has 18 heavy (non-hydrogen) atoms.